The fourth-order valence-electron chi connectivity index (χ4n) is 2.97. The van der Waals surface area contributed by atoms with Gasteiger partial charge in [-0.05, 0) is 12.1 Å². The summed E-state index contributed by atoms with van der Waals surface area (Å²) in [5.74, 6) is 1.44. The van der Waals surface area contributed by atoms with E-state index in [1.165, 1.54) is 0 Å². The van der Waals surface area contributed by atoms with Crippen LogP contribution in [0.1, 0.15) is 0 Å². The van der Waals surface area contributed by atoms with E-state index in [1.807, 2.05) is 60.7 Å². The smallest absolute Gasteiger partial charge is 0.203 e. The standard InChI is InChI=1S/C21H21O4P/c1-23-19-14-18(15-20(24-2)21(19)25-3)26(22,16-10-6-4-7-11-16)17-12-8-5-9-13-17/h4-15H,1-3H3. The molecule has 0 atom stereocenters. The van der Waals surface area contributed by atoms with Gasteiger partial charge >= 0.3 is 0 Å². The van der Waals surface area contributed by atoms with Crippen molar-refractivity contribution in [1.82, 2.24) is 0 Å². The number of hydrogen-bond acceptors (Lipinski definition) is 4. The lowest BCUT2D eigenvalue weighted by Gasteiger charge is -2.22. The quantitative estimate of drug-likeness (QED) is 0.626. The first-order valence-corrected chi connectivity index (χ1v) is 9.87. The molecule has 0 spiro atoms. The summed E-state index contributed by atoms with van der Waals surface area (Å²) in [5, 5.41) is 2.13. The summed E-state index contributed by atoms with van der Waals surface area (Å²) in [5.41, 5.74) is 0. The van der Waals surface area contributed by atoms with E-state index in [4.69, 9.17) is 14.2 Å². The van der Waals surface area contributed by atoms with Crippen LogP contribution in [0, 0.1) is 0 Å². The van der Waals surface area contributed by atoms with Gasteiger partial charge in [-0.25, -0.2) is 0 Å². The van der Waals surface area contributed by atoms with E-state index in [0.717, 1.165) is 10.6 Å². The van der Waals surface area contributed by atoms with E-state index >= 15 is 0 Å². The highest BCUT2D eigenvalue weighted by atomic mass is 31.2. The predicted molar refractivity (Wildman–Crippen MR) is 105 cm³/mol. The Morgan fingerprint density at radius 1 is 0.615 bits per heavy atom. The van der Waals surface area contributed by atoms with Crippen LogP contribution in [0.4, 0.5) is 0 Å². The molecule has 0 fully saturated rings. The Hall–Kier alpha value is -2.71. The Labute approximate surface area is 153 Å². The second-order valence-corrected chi connectivity index (χ2v) is 8.43. The zero-order valence-electron chi connectivity index (χ0n) is 15.0. The van der Waals surface area contributed by atoms with Crippen molar-refractivity contribution < 1.29 is 18.8 Å². The van der Waals surface area contributed by atoms with Gasteiger partial charge in [-0.1, -0.05) is 60.7 Å². The van der Waals surface area contributed by atoms with Gasteiger partial charge in [0.25, 0.3) is 0 Å². The first-order chi connectivity index (χ1) is 12.6. The van der Waals surface area contributed by atoms with Crippen molar-refractivity contribution in [2.75, 3.05) is 21.3 Å². The molecular weight excluding hydrogens is 347 g/mol. The summed E-state index contributed by atoms with van der Waals surface area (Å²) in [6.07, 6.45) is 0. The van der Waals surface area contributed by atoms with Crippen LogP contribution in [0.5, 0.6) is 17.2 Å². The van der Waals surface area contributed by atoms with E-state index in [-0.39, 0.29) is 0 Å². The third-order valence-electron chi connectivity index (χ3n) is 4.25. The minimum absolute atomic E-state index is 0.478. The molecule has 0 radical (unpaired) electrons. The molecule has 0 unspecified atom stereocenters. The molecular formula is C21H21O4P. The van der Waals surface area contributed by atoms with Crippen LogP contribution in [-0.2, 0) is 4.57 Å². The molecule has 0 bridgehead atoms. The molecule has 0 saturated carbocycles. The Kier molecular flexibility index (Phi) is 5.34. The summed E-state index contributed by atoms with van der Waals surface area (Å²) >= 11 is 0. The van der Waals surface area contributed by atoms with Gasteiger partial charge in [0.2, 0.25) is 5.75 Å². The SMILES string of the molecule is COc1cc(P(=O)(c2ccccc2)c2ccccc2)cc(OC)c1OC. The highest BCUT2D eigenvalue weighted by Crippen LogP contribution is 2.46. The fourth-order valence-corrected chi connectivity index (χ4v) is 5.65. The largest absolute Gasteiger partial charge is 0.493 e. The van der Waals surface area contributed by atoms with Gasteiger partial charge in [-0.3, -0.25) is 0 Å². The summed E-state index contributed by atoms with van der Waals surface area (Å²) in [4.78, 5) is 0. The molecule has 5 heteroatoms. The fraction of sp³-hybridized carbons (Fsp3) is 0.143. The lowest BCUT2D eigenvalue weighted by molar-refractivity contribution is 0.325. The van der Waals surface area contributed by atoms with Gasteiger partial charge in [0.15, 0.2) is 18.6 Å². The molecule has 0 amide bonds. The molecule has 134 valence electrons. The van der Waals surface area contributed by atoms with Gasteiger partial charge in [0.1, 0.15) is 0 Å². The zero-order chi connectivity index (χ0) is 18.6. The molecule has 0 saturated heterocycles. The van der Waals surface area contributed by atoms with Crippen molar-refractivity contribution in [3.63, 3.8) is 0 Å². The molecule has 4 nitrogen and oxygen atoms in total. The van der Waals surface area contributed by atoms with Crippen LogP contribution < -0.4 is 30.1 Å². The molecule has 0 aliphatic carbocycles. The van der Waals surface area contributed by atoms with Crippen molar-refractivity contribution in [3.05, 3.63) is 72.8 Å². The number of benzene rings is 3. The van der Waals surface area contributed by atoms with E-state index in [1.54, 1.807) is 33.5 Å². The average molecular weight is 368 g/mol. The molecule has 0 aromatic heterocycles. The summed E-state index contributed by atoms with van der Waals surface area (Å²) in [7, 11) is 1.55. The minimum Gasteiger partial charge on any atom is -0.493 e. The average Bonchev–Trinajstić information content (AvgIpc) is 2.73. The van der Waals surface area contributed by atoms with Gasteiger partial charge in [-0.15, -0.1) is 0 Å². The van der Waals surface area contributed by atoms with Crippen LogP contribution in [0.15, 0.2) is 72.8 Å². The molecule has 0 N–H and O–H groups in total. The molecule has 3 aromatic rings. The van der Waals surface area contributed by atoms with Crippen LogP contribution in [-0.4, -0.2) is 21.3 Å². The van der Waals surface area contributed by atoms with Gasteiger partial charge in [0.05, 0.1) is 21.3 Å². The molecule has 0 aliphatic rings. The van der Waals surface area contributed by atoms with E-state index in [2.05, 4.69) is 0 Å². The number of ether oxygens (including phenoxy) is 3. The maximum Gasteiger partial charge on any atom is 0.203 e. The monoisotopic (exact) mass is 368 g/mol. The van der Waals surface area contributed by atoms with Crippen LogP contribution >= 0.6 is 7.14 Å². The third kappa shape index (κ3) is 3.09. The predicted octanol–water partition coefficient (Wildman–Crippen LogP) is 3.35. The van der Waals surface area contributed by atoms with Crippen LogP contribution in [0.3, 0.4) is 0 Å². The van der Waals surface area contributed by atoms with Crippen LogP contribution in [0.2, 0.25) is 0 Å². The first kappa shape index (κ1) is 18.1. The van der Waals surface area contributed by atoms with Gasteiger partial charge in [-0.2, -0.15) is 0 Å². The third-order valence-corrected chi connectivity index (χ3v) is 7.29. The lowest BCUT2D eigenvalue weighted by Crippen LogP contribution is -2.25. The van der Waals surface area contributed by atoms with E-state index in [0.29, 0.717) is 22.6 Å². The number of hydrogen-bond donors (Lipinski definition) is 0. The Balaban J connectivity index is 2.32. The Morgan fingerprint density at radius 3 is 1.38 bits per heavy atom. The zero-order valence-corrected chi connectivity index (χ0v) is 15.9. The Morgan fingerprint density at radius 2 is 1.04 bits per heavy atom. The first-order valence-electron chi connectivity index (χ1n) is 8.17. The van der Waals surface area contributed by atoms with Crippen molar-refractivity contribution in [2.24, 2.45) is 0 Å². The summed E-state index contributed by atoms with van der Waals surface area (Å²) in [6, 6.07) is 22.5. The molecule has 3 aromatic carbocycles. The van der Waals surface area contributed by atoms with Gasteiger partial charge < -0.3 is 18.8 Å². The van der Waals surface area contributed by atoms with E-state index in [9.17, 15) is 4.57 Å². The number of methoxy groups -OCH3 is 3. The maximum atomic E-state index is 14.4. The minimum atomic E-state index is -3.10. The summed E-state index contributed by atoms with van der Waals surface area (Å²) < 4.78 is 30.7. The van der Waals surface area contributed by atoms with Crippen molar-refractivity contribution in [3.8, 4) is 17.2 Å². The molecule has 3 rings (SSSR count). The van der Waals surface area contributed by atoms with Crippen molar-refractivity contribution >= 4 is 23.1 Å². The molecule has 0 heterocycles. The normalized spacial score (nSPS) is 11.0. The Bertz CT molecular complexity index is 855. The maximum absolute atomic E-state index is 14.4. The summed E-state index contributed by atoms with van der Waals surface area (Å²) in [6.45, 7) is 0. The highest BCUT2D eigenvalue weighted by Gasteiger charge is 2.32. The molecule has 26 heavy (non-hydrogen) atoms. The molecule has 0 aliphatic heterocycles. The van der Waals surface area contributed by atoms with Gasteiger partial charge in [0, 0.05) is 15.9 Å². The number of rotatable bonds is 6. The highest BCUT2D eigenvalue weighted by molar-refractivity contribution is 7.85. The second-order valence-electron chi connectivity index (χ2n) is 5.66. The lowest BCUT2D eigenvalue weighted by atomic mass is 10.3. The van der Waals surface area contributed by atoms with Crippen molar-refractivity contribution in [2.45, 2.75) is 0 Å². The second kappa shape index (κ2) is 7.67. The topological polar surface area (TPSA) is 44.8 Å². The van der Waals surface area contributed by atoms with Crippen LogP contribution in [0.25, 0.3) is 0 Å². The van der Waals surface area contributed by atoms with E-state index < -0.39 is 7.14 Å². The van der Waals surface area contributed by atoms with Crippen molar-refractivity contribution in [1.29, 1.82) is 0 Å².